The number of ether oxygens (including phenoxy) is 2. The quantitative estimate of drug-likeness (QED) is 0.564. The van der Waals surface area contributed by atoms with E-state index in [9.17, 15) is 0 Å². The Balaban J connectivity index is 1.70. The Morgan fingerprint density at radius 1 is 1.00 bits per heavy atom. The first-order valence-electron chi connectivity index (χ1n) is 7.98. The zero-order valence-electron chi connectivity index (χ0n) is 13.3. The van der Waals surface area contributed by atoms with E-state index >= 15 is 0 Å². The summed E-state index contributed by atoms with van der Waals surface area (Å²) in [6.07, 6.45) is 5.39. The van der Waals surface area contributed by atoms with Gasteiger partial charge in [0, 0.05) is 29.1 Å². The largest absolute Gasteiger partial charge is 0.467 e. The molecular formula is C19H14N4O2. The number of imidazole rings is 1. The minimum atomic E-state index is 0.285. The van der Waals surface area contributed by atoms with Gasteiger partial charge in [0.1, 0.15) is 5.75 Å². The van der Waals surface area contributed by atoms with Crippen LogP contribution >= 0.6 is 0 Å². The minimum Gasteiger partial charge on any atom is -0.467 e. The van der Waals surface area contributed by atoms with E-state index in [1.54, 1.807) is 12.4 Å². The van der Waals surface area contributed by atoms with Crippen LogP contribution in [0.15, 0.2) is 61.1 Å². The van der Waals surface area contributed by atoms with E-state index in [0.29, 0.717) is 6.61 Å². The number of fused-ring (bicyclic) bond motifs is 2. The molecular weight excluding hydrogens is 316 g/mol. The van der Waals surface area contributed by atoms with Gasteiger partial charge in [-0.2, -0.15) is 5.10 Å². The molecule has 1 aliphatic heterocycles. The zero-order valence-corrected chi connectivity index (χ0v) is 13.3. The lowest BCUT2D eigenvalue weighted by molar-refractivity contribution is -0.0160. The van der Waals surface area contributed by atoms with Crippen LogP contribution in [-0.4, -0.2) is 26.4 Å². The molecule has 0 amide bonds. The molecule has 4 heterocycles. The summed E-state index contributed by atoms with van der Waals surface area (Å²) in [6, 6.07) is 13.8. The van der Waals surface area contributed by atoms with E-state index in [-0.39, 0.29) is 6.79 Å². The van der Waals surface area contributed by atoms with Gasteiger partial charge in [-0.3, -0.25) is 4.98 Å². The highest BCUT2D eigenvalue weighted by molar-refractivity contribution is 5.70. The molecule has 0 spiro atoms. The number of pyridine rings is 1. The van der Waals surface area contributed by atoms with Crippen molar-refractivity contribution in [1.82, 2.24) is 19.6 Å². The van der Waals surface area contributed by atoms with Crippen LogP contribution in [0.25, 0.3) is 28.2 Å². The van der Waals surface area contributed by atoms with Gasteiger partial charge in [0.2, 0.25) is 0 Å². The second-order valence-electron chi connectivity index (χ2n) is 5.77. The highest BCUT2D eigenvalue weighted by Crippen LogP contribution is 2.33. The topological polar surface area (TPSA) is 61.5 Å². The fourth-order valence-electron chi connectivity index (χ4n) is 3.06. The summed E-state index contributed by atoms with van der Waals surface area (Å²) in [7, 11) is 0. The predicted octanol–water partition coefficient (Wildman–Crippen LogP) is 3.32. The molecule has 122 valence electrons. The third-order valence-corrected chi connectivity index (χ3v) is 4.27. The molecule has 1 aliphatic rings. The van der Waals surface area contributed by atoms with Crippen molar-refractivity contribution >= 4 is 5.65 Å². The van der Waals surface area contributed by atoms with Gasteiger partial charge < -0.3 is 9.47 Å². The van der Waals surface area contributed by atoms with Crippen LogP contribution in [0.3, 0.4) is 0 Å². The zero-order chi connectivity index (χ0) is 16.6. The van der Waals surface area contributed by atoms with Crippen LogP contribution in [0, 0.1) is 0 Å². The fraction of sp³-hybridized carbons (Fsp3) is 0.105. The summed E-state index contributed by atoms with van der Waals surface area (Å²) < 4.78 is 12.9. The average Bonchev–Trinajstić information content (AvgIpc) is 3.11. The van der Waals surface area contributed by atoms with Crippen molar-refractivity contribution in [2.45, 2.75) is 6.61 Å². The molecule has 0 radical (unpaired) electrons. The lowest BCUT2D eigenvalue weighted by Crippen LogP contribution is -2.12. The Bertz CT molecular complexity index is 1060. The summed E-state index contributed by atoms with van der Waals surface area (Å²) in [5, 5.41) is 4.76. The summed E-state index contributed by atoms with van der Waals surface area (Å²) in [4.78, 5) is 8.65. The van der Waals surface area contributed by atoms with Crippen molar-refractivity contribution in [3.63, 3.8) is 0 Å². The van der Waals surface area contributed by atoms with E-state index in [2.05, 4.69) is 9.97 Å². The lowest BCUT2D eigenvalue weighted by Gasteiger charge is -2.20. The molecule has 0 atom stereocenters. The fourth-order valence-corrected chi connectivity index (χ4v) is 3.06. The Labute approximate surface area is 143 Å². The maximum Gasteiger partial charge on any atom is 0.189 e. The highest BCUT2D eigenvalue weighted by atomic mass is 16.7. The van der Waals surface area contributed by atoms with Gasteiger partial charge in [0.15, 0.2) is 12.4 Å². The molecule has 1 aromatic carbocycles. The van der Waals surface area contributed by atoms with E-state index in [0.717, 1.165) is 39.5 Å². The van der Waals surface area contributed by atoms with Crippen LogP contribution in [-0.2, 0) is 11.3 Å². The summed E-state index contributed by atoms with van der Waals surface area (Å²) in [5.41, 5.74) is 5.54. The molecule has 0 saturated carbocycles. The Morgan fingerprint density at radius 3 is 2.92 bits per heavy atom. The second-order valence-corrected chi connectivity index (χ2v) is 5.77. The van der Waals surface area contributed by atoms with Crippen molar-refractivity contribution in [3.8, 4) is 28.3 Å². The molecule has 4 aromatic rings. The molecule has 3 aromatic heterocycles. The first-order valence-corrected chi connectivity index (χ1v) is 7.98. The van der Waals surface area contributed by atoms with Crippen molar-refractivity contribution in [3.05, 3.63) is 66.6 Å². The lowest BCUT2D eigenvalue weighted by atomic mass is 10.0. The van der Waals surface area contributed by atoms with Gasteiger partial charge in [-0.25, -0.2) is 9.50 Å². The Morgan fingerprint density at radius 2 is 2.00 bits per heavy atom. The molecule has 0 saturated heterocycles. The average molecular weight is 330 g/mol. The van der Waals surface area contributed by atoms with E-state index in [1.807, 2.05) is 53.2 Å². The number of rotatable bonds is 2. The Hall–Kier alpha value is -3.25. The molecule has 6 nitrogen and oxygen atoms in total. The first kappa shape index (κ1) is 14.1. The van der Waals surface area contributed by atoms with Crippen LogP contribution in [0.2, 0.25) is 0 Å². The molecule has 0 fully saturated rings. The van der Waals surface area contributed by atoms with E-state index in [1.165, 1.54) is 0 Å². The smallest absolute Gasteiger partial charge is 0.189 e. The maximum atomic E-state index is 5.59. The third kappa shape index (κ3) is 2.35. The van der Waals surface area contributed by atoms with Gasteiger partial charge in [-0.1, -0.05) is 12.1 Å². The maximum absolute atomic E-state index is 5.59. The van der Waals surface area contributed by atoms with Crippen molar-refractivity contribution < 1.29 is 9.47 Å². The number of hydrogen-bond acceptors (Lipinski definition) is 5. The summed E-state index contributed by atoms with van der Waals surface area (Å²) in [6.45, 7) is 0.800. The van der Waals surface area contributed by atoms with Gasteiger partial charge in [0.05, 0.1) is 24.2 Å². The minimum absolute atomic E-state index is 0.285. The van der Waals surface area contributed by atoms with Crippen LogP contribution in [0.5, 0.6) is 5.75 Å². The number of nitrogens with zero attached hydrogens (tertiary/aromatic N) is 4. The molecule has 0 aliphatic carbocycles. The van der Waals surface area contributed by atoms with Crippen LogP contribution in [0.4, 0.5) is 0 Å². The SMILES string of the molecule is c1cncc(-c2ccc3ncc(-c4cccc5c4COCO5)n3n2)c1. The molecule has 0 bridgehead atoms. The van der Waals surface area contributed by atoms with Gasteiger partial charge in [-0.15, -0.1) is 0 Å². The number of hydrogen-bond donors (Lipinski definition) is 0. The van der Waals surface area contributed by atoms with E-state index < -0.39 is 0 Å². The van der Waals surface area contributed by atoms with Crippen LogP contribution in [0.1, 0.15) is 5.56 Å². The monoisotopic (exact) mass is 330 g/mol. The van der Waals surface area contributed by atoms with Crippen LogP contribution < -0.4 is 4.74 Å². The van der Waals surface area contributed by atoms with Crippen molar-refractivity contribution in [1.29, 1.82) is 0 Å². The van der Waals surface area contributed by atoms with E-state index in [4.69, 9.17) is 14.6 Å². The van der Waals surface area contributed by atoms with Gasteiger partial charge in [-0.05, 0) is 30.3 Å². The third-order valence-electron chi connectivity index (χ3n) is 4.27. The molecule has 0 unspecified atom stereocenters. The summed E-state index contributed by atoms with van der Waals surface area (Å²) >= 11 is 0. The first-order chi connectivity index (χ1) is 12.4. The number of aromatic nitrogens is 4. The second kappa shape index (κ2) is 5.68. The molecule has 0 N–H and O–H groups in total. The van der Waals surface area contributed by atoms with Crippen molar-refractivity contribution in [2.24, 2.45) is 0 Å². The number of benzene rings is 1. The molecule has 6 heteroatoms. The van der Waals surface area contributed by atoms with Gasteiger partial charge >= 0.3 is 0 Å². The molecule has 25 heavy (non-hydrogen) atoms. The highest BCUT2D eigenvalue weighted by Gasteiger charge is 2.18. The molecule has 5 rings (SSSR count). The standard InChI is InChI=1S/C19H14N4O2/c1-4-14(15-11-24-12-25-18(15)5-1)17-10-21-19-7-6-16(22-23(17)19)13-3-2-8-20-9-13/h1-10H,11-12H2. The van der Waals surface area contributed by atoms with Gasteiger partial charge in [0.25, 0.3) is 0 Å². The normalized spacial score (nSPS) is 13.4. The Kier molecular flexibility index (Phi) is 3.21. The predicted molar refractivity (Wildman–Crippen MR) is 91.9 cm³/mol. The summed E-state index contributed by atoms with van der Waals surface area (Å²) in [5.74, 6) is 0.849. The van der Waals surface area contributed by atoms with Crippen molar-refractivity contribution in [2.75, 3.05) is 6.79 Å².